The summed E-state index contributed by atoms with van der Waals surface area (Å²) < 4.78 is 1.81. The van der Waals surface area contributed by atoms with Crippen LogP contribution in [-0.4, -0.2) is 39.7 Å². The first kappa shape index (κ1) is 18.6. The molecular formula is C20H23N5O2. The first-order chi connectivity index (χ1) is 13.2. The van der Waals surface area contributed by atoms with E-state index < -0.39 is 0 Å². The molecule has 0 atom stereocenters. The normalized spacial score (nSPS) is 10.7. The SMILES string of the molecule is CCCNC(=O)CCNC(=O)c1cnc2c(cnn2Cc2ccccc2)c1. The van der Waals surface area contributed by atoms with Crippen LogP contribution in [0, 0.1) is 0 Å². The van der Waals surface area contributed by atoms with Crippen molar-refractivity contribution >= 4 is 22.8 Å². The molecule has 0 aliphatic heterocycles. The molecule has 7 nitrogen and oxygen atoms in total. The van der Waals surface area contributed by atoms with E-state index in [1.165, 1.54) is 6.20 Å². The number of nitrogens with one attached hydrogen (secondary N) is 2. The van der Waals surface area contributed by atoms with Gasteiger partial charge in [0.25, 0.3) is 5.91 Å². The first-order valence-electron chi connectivity index (χ1n) is 9.07. The van der Waals surface area contributed by atoms with Crippen molar-refractivity contribution in [2.45, 2.75) is 26.3 Å². The monoisotopic (exact) mass is 365 g/mol. The number of benzene rings is 1. The van der Waals surface area contributed by atoms with E-state index in [1.807, 2.05) is 41.9 Å². The number of hydrogen-bond donors (Lipinski definition) is 2. The molecule has 0 saturated heterocycles. The third kappa shape index (κ3) is 4.91. The van der Waals surface area contributed by atoms with Crippen LogP contribution in [0.5, 0.6) is 0 Å². The maximum Gasteiger partial charge on any atom is 0.252 e. The van der Waals surface area contributed by atoms with Crippen LogP contribution in [0.1, 0.15) is 35.7 Å². The zero-order valence-electron chi connectivity index (χ0n) is 15.3. The summed E-state index contributed by atoms with van der Waals surface area (Å²) >= 11 is 0. The minimum atomic E-state index is -0.247. The van der Waals surface area contributed by atoms with Gasteiger partial charge in [-0.15, -0.1) is 0 Å². The Morgan fingerprint density at radius 3 is 2.67 bits per heavy atom. The summed E-state index contributed by atoms with van der Waals surface area (Å²) in [5.41, 5.74) is 2.32. The Hall–Kier alpha value is -3.22. The quantitative estimate of drug-likeness (QED) is 0.640. The number of aromatic nitrogens is 3. The van der Waals surface area contributed by atoms with E-state index in [-0.39, 0.29) is 18.2 Å². The molecule has 0 fully saturated rings. The summed E-state index contributed by atoms with van der Waals surface area (Å²) in [6.45, 7) is 3.56. The van der Waals surface area contributed by atoms with Crippen LogP contribution >= 0.6 is 0 Å². The fourth-order valence-corrected chi connectivity index (χ4v) is 2.71. The molecule has 1 aromatic carbocycles. The maximum absolute atomic E-state index is 12.3. The zero-order chi connectivity index (χ0) is 19.1. The number of fused-ring (bicyclic) bond motifs is 1. The standard InChI is InChI=1S/C20H23N5O2/c1-2-9-21-18(26)8-10-22-20(27)17-11-16-13-24-25(19(16)23-12-17)14-15-6-4-3-5-7-15/h3-7,11-13H,2,8-10,14H2,1H3,(H,21,26)(H,22,27). The predicted molar refractivity (Wildman–Crippen MR) is 103 cm³/mol. The van der Waals surface area contributed by atoms with Gasteiger partial charge in [0.1, 0.15) is 0 Å². The number of rotatable bonds is 8. The summed E-state index contributed by atoms with van der Waals surface area (Å²) in [5, 5.41) is 10.7. The molecule has 0 unspecified atom stereocenters. The van der Waals surface area contributed by atoms with Crippen molar-refractivity contribution in [2.24, 2.45) is 0 Å². The van der Waals surface area contributed by atoms with Crippen molar-refractivity contribution < 1.29 is 9.59 Å². The second-order valence-electron chi connectivity index (χ2n) is 6.28. The van der Waals surface area contributed by atoms with Gasteiger partial charge in [0.05, 0.1) is 18.3 Å². The van der Waals surface area contributed by atoms with Crippen LogP contribution < -0.4 is 10.6 Å². The number of carbonyl (C=O) groups excluding carboxylic acids is 2. The molecule has 7 heteroatoms. The first-order valence-corrected chi connectivity index (χ1v) is 9.07. The maximum atomic E-state index is 12.3. The fraction of sp³-hybridized carbons (Fsp3) is 0.300. The Morgan fingerprint density at radius 2 is 1.89 bits per heavy atom. The summed E-state index contributed by atoms with van der Waals surface area (Å²) in [7, 11) is 0. The second kappa shape index (κ2) is 8.93. The van der Waals surface area contributed by atoms with E-state index in [1.54, 1.807) is 12.3 Å². The van der Waals surface area contributed by atoms with Gasteiger partial charge in [-0.2, -0.15) is 5.10 Å². The Bertz CT molecular complexity index is 921. The van der Waals surface area contributed by atoms with Gasteiger partial charge < -0.3 is 10.6 Å². The summed E-state index contributed by atoms with van der Waals surface area (Å²) in [6.07, 6.45) is 4.40. The molecule has 2 heterocycles. The Kier molecular flexibility index (Phi) is 6.14. The number of carbonyl (C=O) groups is 2. The molecule has 27 heavy (non-hydrogen) atoms. The average molecular weight is 365 g/mol. The van der Waals surface area contributed by atoms with Crippen molar-refractivity contribution in [3.8, 4) is 0 Å². The molecule has 140 valence electrons. The van der Waals surface area contributed by atoms with E-state index in [0.717, 1.165) is 23.0 Å². The van der Waals surface area contributed by atoms with Crippen LogP contribution in [-0.2, 0) is 11.3 Å². The van der Waals surface area contributed by atoms with Gasteiger partial charge in [-0.1, -0.05) is 37.3 Å². The molecular weight excluding hydrogens is 342 g/mol. The lowest BCUT2D eigenvalue weighted by molar-refractivity contribution is -0.120. The molecule has 0 radical (unpaired) electrons. The zero-order valence-corrected chi connectivity index (χ0v) is 15.3. The Labute approximate surface area is 157 Å². The topological polar surface area (TPSA) is 88.9 Å². The van der Waals surface area contributed by atoms with Crippen molar-refractivity contribution in [2.75, 3.05) is 13.1 Å². The van der Waals surface area contributed by atoms with Gasteiger partial charge in [0, 0.05) is 31.1 Å². The molecule has 2 aromatic heterocycles. The van der Waals surface area contributed by atoms with E-state index >= 15 is 0 Å². The van der Waals surface area contributed by atoms with E-state index in [2.05, 4.69) is 20.7 Å². The van der Waals surface area contributed by atoms with Gasteiger partial charge in [-0.05, 0) is 18.1 Å². The van der Waals surface area contributed by atoms with Gasteiger partial charge in [-0.3, -0.25) is 9.59 Å². The summed E-state index contributed by atoms with van der Waals surface area (Å²) in [4.78, 5) is 28.2. The lowest BCUT2D eigenvalue weighted by Gasteiger charge is -2.06. The number of nitrogens with zero attached hydrogens (tertiary/aromatic N) is 3. The third-order valence-electron chi connectivity index (χ3n) is 4.12. The molecule has 0 bridgehead atoms. The van der Waals surface area contributed by atoms with Gasteiger partial charge in [0.2, 0.25) is 5.91 Å². The Morgan fingerprint density at radius 1 is 1.07 bits per heavy atom. The summed E-state index contributed by atoms with van der Waals surface area (Å²) in [6, 6.07) is 11.8. The van der Waals surface area contributed by atoms with Crippen LogP contribution in [0.15, 0.2) is 48.8 Å². The van der Waals surface area contributed by atoms with Crippen molar-refractivity contribution in [1.82, 2.24) is 25.4 Å². The minimum Gasteiger partial charge on any atom is -0.356 e. The number of amides is 2. The van der Waals surface area contributed by atoms with E-state index in [4.69, 9.17) is 0 Å². The van der Waals surface area contributed by atoms with Crippen LogP contribution in [0.2, 0.25) is 0 Å². The molecule has 0 saturated carbocycles. The van der Waals surface area contributed by atoms with Gasteiger partial charge in [-0.25, -0.2) is 9.67 Å². The van der Waals surface area contributed by atoms with Gasteiger partial charge in [0.15, 0.2) is 5.65 Å². The van der Waals surface area contributed by atoms with Crippen molar-refractivity contribution in [3.63, 3.8) is 0 Å². The van der Waals surface area contributed by atoms with E-state index in [9.17, 15) is 9.59 Å². The third-order valence-corrected chi connectivity index (χ3v) is 4.12. The average Bonchev–Trinajstić information content (AvgIpc) is 3.09. The largest absolute Gasteiger partial charge is 0.356 e. The highest BCUT2D eigenvalue weighted by Gasteiger charge is 2.11. The molecule has 2 N–H and O–H groups in total. The fourth-order valence-electron chi connectivity index (χ4n) is 2.71. The molecule has 0 aliphatic rings. The van der Waals surface area contributed by atoms with Gasteiger partial charge >= 0.3 is 0 Å². The predicted octanol–water partition coefficient (Wildman–Crippen LogP) is 2.13. The molecule has 2 amide bonds. The smallest absolute Gasteiger partial charge is 0.252 e. The van der Waals surface area contributed by atoms with E-state index in [0.29, 0.717) is 25.2 Å². The summed E-state index contributed by atoms with van der Waals surface area (Å²) in [5.74, 6) is -0.309. The lowest BCUT2D eigenvalue weighted by Crippen LogP contribution is -2.31. The van der Waals surface area contributed by atoms with Crippen LogP contribution in [0.25, 0.3) is 11.0 Å². The Balaban J connectivity index is 1.61. The molecule has 3 aromatic rings. The lowest BCUT2D eigenvalue weighted by atomic mass is 10.2. The second-order valence-corrected chi connectivity index (χ2v) is 6.28. The van der Waals surface area contributed by atoms with Crippen LogP contribution in [0.3, 0.4) is 0 Å². The number of pyridine rings is 1. The van der Waals surface area contributed by atoms with Crippen LogP contribution in [0.4, 0.5) is 0 Å². The minimum absolute atomic E-state index is 0.0621. The highest BCUT2D eigenvalue weighted by atomic mass is 16.2. The number of hydrogen-bond acceptors (Lipinski definition) is 4. The molecule has 0 aliphatic carbocycles. The highest BCUT2D eigenvalue weighted by Crippen LogP contribution is 2.14. The molecule has 3 rings (SSSR count). The molecule has 0 spiro atoms. The highest BCUT2D eigenvalue weighted by molar-refractivity contribution is 5.97. The van der Waals surface area contributed by atoms with Crippen molar-refractivity contribution in [1.29, 1.82) is 0 Å². The van der Waals surface area contributed by atoms with Crippen molar-refractivity contribution in [3.05, 3.63) is 59.9 Å².